The summed E-state index contributed by atoms with van der Waals surface area (Å²) in [4.78, 5) is 30.8. The van der Waals surface area contributed by atoms with Crippen LogP contribution in [0.15, 0.2) is 34.2 Å². The summed E-state index contributed by atoms with van der Waals surface area (Å²) in [7, 11) is 1.65. The minimum Gasteiger partial charge on any atom is -0.325 e. The van der Waals surface area contributed by atoms with E-state index in [4.69, 9.17) is 0 Å². The third kappa shape index (κ3) is 3.59. The molecule has 3 rings (SSSR count). The van der Waals surface area contributed by atoms with Gasteiger partial charge >= 0.3 is 0 Å². The van der Waals surface area contributed by atoms with Gasteiger partial charge in [0.2, 0.25) is 5.91 Å². The van der Waals surface area contributed by atoms with Crippen molar-refractivity contribution in [3.05, 3.63) is 50.9 Å². The molecule has 0 saturated heterocycles. The van der Waals surface area contributed by atoms with Crippen molar-refractivity contribution in [1.82, 2.24) is 9.55 Å². The molecule has 0 bridgehead atoms. The maximum absolute atomic E-state index is 13.1. The molecule has 2 aromatic heterocycles. The van der Waals surface area contributed by atoms with Crippen LogP contribution < -0.4 is 10.9 Å². The van der Waals surface area contributed by atoms with Gasteiger partial charge in [-0.1, -0.05) is 17.8 Å². The van der Waals surface area contributed by atoms with Crippen molar-refractivity contribution in [2.24, 2.45) is 7.05 Å². The molecule has 8 heteroatoms. The smallest absolute Gasteiger partial charge is 0.262 e. The van der Waals surface area contributed by atoms with Crippen molar-refractivity contribution in [3.63, 3.8) is 0 Å². The SMILES string of the molecule is Cc1sc2nc(SCC(=O)Nc3cccc(F)c3)n(C)c(=O)c2c1C. The summed E-state index contributed by atoms with van der Waals surface area (Å²) < 4.78 is 14.6. The van der Waals surface area contributed by atoms with Gasteiger partial charge in [-0.3, -0.25) is 14.2 Å². The molecule has 0 spiro atoms. The fourth-order valence-corrected chi connectivity index (χ4v) is 4.22. The highest BCUT2D eigenvalue weighted by Crippen LogP contribution is 2.28. The van der Waals surface area contributed by atoms with Gasteiger partial charge < -0.3 is 5.32 Å². The van der Waals surface area contributed by atoms with Gasteiger partial charge in [0.15, 0.2) is 5.16 Å². The summed E-state index contributed by atoms with van der Waals surface area (Å²) in [6.45, 7) is 3.87. The molecule has 0 fully saturated rings. The van der Waals surface area contributed by atoms with E-state index in [-0.39, 0.29) is 17.2 Å². The highest BCUT2D eigenvalue weighted by atomic mass is 32.2. The number of hydrogen-bond acceptors (Lipinski definition) is 5. The number of amides is 1. The predicted molar refractivity (Wildman–Crippen MR) is 100 cm³/mol. The molecule has 0 aliphatic heterocycles. The lowest BCUT2D eigenvalue weighted by Gasteiger charge is -2.08. The van der Waals surface area contributed by atoms with E-state index in [1.165, 1.54) is 45.9 Å². The molecule has 130 valence electrons. The standard InChI is InChI=1S/C17H16FN3O2S2/c1-9-10(2)25-15-14(9)16(23)21(3)17(20-15)24-8-13(22)19-12-6-4-5-11(18)7-12/h4-7H,8H2,1-3H3,(H,19,22). The van der Waals surface area contributed by atoms with Crippen molar-refractivity contribution in [3.8, 4) is 0 Å². The van der Waals surface area contributed by atoms with Gasteiger partial charge in [0, 0.05) is 17.6 Å². The number of benzene rings is 1. The van der Waals surface area contributed by atoms with Gasteiger partial charge in [0.05, 0.1) is 11.1 Å². The van der Waals surface area contributed by atoms with E-state index in [2.05, 4.69) is 10.3 Å². The number of hydrogen-bond donors (Lipinski definition) is 1. The van der Waals surface area contributed by atoms with Crippen molar-refractivity contribution < 1.29 is 9.18 Å². The molecule has 0 atom stereocenters. The Bertz CT molecular complexity index is 1030. The number of nitrogens with zero attached hydrogens (tertiary/aromatic N) is 2. The Morgan fingerprint density at radius 2 is 2.16 bits per heavy atom. The number of carbonyl (C=O) groups is 1. The second-order valence-corrected chi connectivity index (χ2v) is 7.71. The van der Waals surface area contributed by atoms with Crippen molar-refractivity contribution in [1.29, 1.82) is 0 Å². The Morgan fingerprint density at radius 3 is 2.88 bits per heavy atom. The van der Waals surface area contributed by atoms with Gasteiger partial charge in [0.25, 0.3) is 5.56 Å². The largest absolute Gasteiger partial charge is 0.325 e. The van der Waals surface area contributed by atoms with Crippen LogP contribution in [0, 0.1) is 19.7 Å². The van der Waals surface area contributed by atoms with Crippen LogP contribution >= 0.6 is 23.1 Å². The molecule has 1 amide bonds. The lowest BCUT2D eigenvalue weighted by Crippen LogP contribution is -2.21. The van der Waals surface area contributed by atoms with Crippen molar-refractivity contribution in [2.75, 3.05) is 11.1 Å². The first-order valence-corrected chi connectivity index (χ1v) is 9.32. The van der Waals surface area contributed by atoms with Crippen LogP contribution in [0.25, 0.3) is 10.2 Å². The summed E-state index contributed by atoms with van der Waals surface area (Å²) in [6.07, 6.45) is 0. The van der Waals surface area contributed by atoms with E-state index in [0.29, 0.717) is 21.1 Å². The summed E-state index contributed by atoms with van der Waals surface area (Å²) >= 11 is 2.65. The number of carbonyl (C=O) groups excluding carboxylic acids is 1. The predicted octanol–water partition coefficient (Wildman–Crippen LogP) is 3.48. The van der Waals surface area contributed by atoms with E-state index in [1.807, 2.05) is 13.8 Å². The van der Waals surface area contributed by atoms with Crippen LogP contribution in [0.2, 0.25) is 0 Å². The Morgan fingerprint density at radius 1 is 1.40 bits per heavy atom. The van der Waals surface area contributed by atoms with Gasteiger partial charge in [-0.15, -0.1) is 11.3 Å². The third-order valence-corrected chi connectivity index (χ3v) is 5.94. The number of anilines is 1. The first-order chi connectivity index (χ1) is 11.9. The van der Waals surface area contributed by atoms with Crippen LogP contribution in [-0.2, 0) is 11.8 Å². The minimum absolute atomic E-state index is 0.0750. The molecule has 3 aromatic rings. The third-order valence-electron chi connectivity index (χ3n) is 3.81. The average Bonchev–Trinajstić information content (AvgIpc) is 2.84. The quantitative estimate of drug-likeness (QED) is 0.558. The molecule has 0 unspecified atom stereocenters. The van der Waals surface area contributed by atoms with E-state index in [9.17, 15) is 14.0 Å². The number of fused-ring (bicyclic) bond motifs is 1. The average molecular weight is 377 g/mol. The summed E-state index contributed by atoms with van der Waals surface area (Å²) in [5, 5.41) is 3.74. The minimum atomic E-state index is -0.414. The van der Waals surface area contributed by atoms with Crippen LogP contribution in [-0.4, -0.2) is 21.2 Å². The number of thioether (sulfide) groups is 1. The molecule has 0 aliphatic carbocycles. The molecule has 0 aliphatic rings. The number of halogens is 1. The van der Waals surface area contributed by atoms with Crippen LogP contribution in [0.3, 0.4) is 0 Å². The zero-order valence-corrected chi connectivity index (χ0v) is 15.6. The molecule has 1 aromatic carbocycles. The lowest BCUT2D eigenvalue weighted by molar-refractivity contribution is -0.113. The summed E-state index contributed by atoms with van der Waals surface area (Å²) in [5.41, 5.74) is 1.24. The van der Waals surface area contributed by atoms with Crippen molar-refractivity contribution in [2.45, 2.75) is 19.0 Å². The lowest BCUT2D eigenvalue weighted by atomic mass is 10.2. The Balaban J connectivity index is 1.78. The fourth-order valence-electron chi connectivity index (χ4n) is 2.38. The van der Waals surface area contributed by atoms with Crippen molar-refractivity contribution >= 4 is 44.9 Å². The molecule has 25 heavy (non-hydrogen) atoms. The molecular formula is C17H16FN3O2S2. The monoisotopic (exact) mass is 377 g/mol. The Labute approximate surface area is 151 Å². The fraction of sp³-hybridized carbons (Fsp3) is 0.235. The summed E-state index contributed by atoms with van der Waals surface area (Å²) in [6, 6.07) is 5.70. The van der Waals surface area contributed by atoms with Gasteiger partial charge in [0.1, 0.15) is 10.6 Å². The van der Waals surface area contributed by atoms with E-state index < -0.39 is 5.82 Å². The van der Waals surface area contributed by atoms with Gasteiger partial charge in [-0.25, -0.2) is 9.37 Å². The highest BCUT2D eigenvalue weighted by Gasteiger charge is 2.15. The second kappa shape index (κ2) is 6.97. The van der Waals surface area contributed by atoms with Gasteiger partial charge in [-0.2, -0.15) is 0 Å². The first-order valence-electron chi connectivity index (χ1n) is 7.51. The molecule has 1 N–H and O–H groups in total. The van der Waals surface area contributed by atoms with E-state index >= 15 is 0 Å². The van der Waals surface area contributed by atoms with E-state index in [0.717, 1.165) is 10.4 Å². The van der Waals surface area contributed by atoms with Gasteiger partial charge in [-0.05, 0) is 37.6 Å². The highest BCUT2D eigenvalue weighted by molar-refractivity contribution is 7.99. The second-order valence-electron chi connectivity index (χ2n) is 5.57. The first kappa shape index (κ1) is 17.6. The Hall–Kier alpha value is -2.19. The number of thiophene rings is 1. The maximum Gasteiger partial charge on any atom is 0.262 e. The number of rotatable bonds is 4. The van der Waals surface area contributed by atoms with Crippen LogP contribution in [0.4, 0.5) is 10.1 Å². The number of aryl methyl sites for hydroxylation is 2. The van der Waals surface area contributed by atoms with E-state index in [1.54, 1.807) is 13.1 Å². The maximum atomic E-state index is 13.1. The normalized spacial score (nSPS) is 11.0. The number of aromatic nitrogens is 2. The summed E-state index contributed by atoms with van der Waals surface area (Å²) in [5.74, 6) is -0.627. The van der Waals surface area contributed by atoms with Crippen LogP contribution in [0.5, 0.6) is 0 Å². The molecule has 0 saturated carbocycles. The van der Waals surface area contributed by atoms with Crippen LogP contribution in [0.1, 0.15) is 10.4 Å². The Kier molecular flexibility index (Phi) is 4.91. The molecule has 0 radical (unpaired) electrons. The molecular weight excluding hydrogens is 361 g/mol. The molecule has 2 heterocycles. The number of nitrogens with one attached hydrogen (secondary N) is 1. The topological polar surface area (TPSA) is 64.0 Å². The zero-order chi connectivity index (χ0) is 18.1. The molecule has 5 nitrogen and oxygen atoms in total. The zero-order valence-electron chi connectivity index (χ0n) is 13.9.